The largest absolute Gasteiger partial charge is 0.456 e. The van der Waals surface area contributed by atoms with Crippen molar-refractivity contribution in [1.29, 1.82) is 0 Å². The minimum absolute atomic E-state index is 0.552. The van der Waals surface area contributed by atoms with E-state index in [1.54, 1.807) is 0 Å². The van der Waals surface area contributed by atoms with Crippen molar-refractivity contribution in [2.75, 3.05) is 0 Å². The molecule has 266 valence electrons. The van der Waals surface area contributed by atoms with Crippen LogP contribution >= 0.6 is 0 Å². The van der Waals surface area contributed by atoms with Crippen LogP contribution in [0.15, 0.2) is 191 Å². The molecule has 0 fully saturated rings. The second-order valence-corrected chi connectivity index (χ2v) is 14.3. The van der Waals surface area contributed by atoms with Gasteiger partial charge in [-0.05, 0) is 42.0 Å². The molecule has 0 atom stereocenters. The van der Waals surface area contributed by atoms with Crippen LogP contribution in [-0.2, 0) is 0 Å². The van der Waals surface area contributed by atoms with Gasteiger partial charge < -0.3 is 13.4 Å². The van der Waals surface area contributed by atoms with Crippen LogP contribution in [0, 0.1) is 0 Å². The molecule has 0 N–H and O–H groups in total. The maximum Gasteiger partial charge on any atom is 0.167 e. The van der Waals surface area contributed by atoms with Crippen molar-refractivity contribution in [1.82, 2.24) is 19.5 Å². The first-order chi connectivity index (χ1) is 28.3. The highest BCUT2D eigenvalue weighted by Gasteiger charge is 2.22. The van der Waals surface area contributed by atoms with E-state index in [0.717, 1.165) is 88.4 Å². The Bertz CT molecular complexity index is 3410. The van der Waals surface area contributed by atoms with Crippen molar-refractivity contribution in [2.24, 2.45) is 0 Å². The van der Waals surface area contributed by atoms with E-state index in [9.17, 15) is 0 Å². The summed E-state index contributed by atoms with van der Waals surface area (Å²) in [6.45, 7) is 0. The summed E-state index contributed by atoms with van der Waals surface area (Å²) in [5, 5.41) is 6.56. The SMILES string of the molecule is c1ccc(-c2nc(-c3ccccc3)nc(-c3cccc4c3oc3c(-c5cccc6oc7cc(-n8c9ccccc9c9ccccc98)ccc7c56)cccc34)n2)cc1. The van der Waals surface area contributed by atoms with Gasteiger partial charge in [-0.3, -0.25) is 0 Å². The Balaban J connectivity index is 1.04. The van der Waals surface area contributed by atoms with Crippen molar-refractivity contribution in [3.8, 4) is 51.0 Å². The van der Waals surface area contributed by atoms with Crippen molar-refractivity contribution in [3.63, 3.8) is 0 Å². The fourth-order valence-corrected chi connectivity index (χ4v) is 8.52. The molecule has 6 heteroatoms. The van der Waals surface area contributed by atoms with Crippen LogP contribution in [0.5, 0.6) is 0 Å². The van der Waals surface area contributed by atoms with Crippen LogP contribution in [0.1, 0.15) is 0 Å². The summed E-state index contributed by atoms with van der Waals surface area (Å²) in [5.41, 5.74) is 11.2. The van der Waals surface area contributed by atoms with E-state index in [4.69, 9.17) is 23.8 Å². The smallest absolute Gasteiger partial charge is 0.167 e. The summed E-state index contributed by atoms with van der Waals surface area (Å²) >= 11 is 0. The second-order valence-electron chi connectivity index (χ2n) is 14.3. The topological polar surface area (TPSA) is 69.9 Å². The van der Waals surface area contributed by atoms with Gasteiger partial charge in [-0.15, -0.1) is 0 Å². The molecule has 0 aliphatic rings. The van der Waals surface area contributed by atoms with Gasteiger partial charge >= 0.3 is 0 Å². The van der Waals surface area contributed by atoms with Gasteiger partial charge in [0.15, 0.2) is 17.5 Å². The highest BCUT2D eigenvalue weighted by molar-refractivity contribution is 6.18. The summed E-state index contributed by atoms with van der Waals surface area (Å²) in [6, 6.07) is 62.6. The summed E-state index contributed by atoms with van der Waals surface area (Å²) in [7, 11) is 0. The first-order valence-corrected chi connectivity index (χ1v) is 19.0. The molecule has 0 spiro atoms. The number of rotatable bonds is 5. The molecule has 57 heavy (non-hydrogen) atoms. The van der Waals surface area contributed by atoms with E-state index in [-0.39, 0.29) is 0 Å². The molecule has 0 radical (unpaired) electrons. The molecule has 0 bridgehead atoms. The lowest BCUT2D eigenvalue weighted by atomic mass is 9.97. The van der Waals surface area contributed by atoms with Crippen molar-refractivity contribution >= 4 is 65.7 Å². The Morgan fingerprint density at radius 3 is 1.54 bits per heavy atom. The molecule has 6 nitrogen and oxygen atoms in total. The quantitative estimate of drug-likeness (QED) is 0.176. The van der Waals surface area contributed by atoms with Crippen LogP contribution in [0.3, 0.4) is 0 Å². The maximum atomic E-state index is 6.97. The lowest BCUT2D eigenvalue weighted by Crippen LogP contribution is -2.00. The number of fused-ring (bicyclic) bond motifs is 9. The minimum Gasteiger partial charge on any atom is -0.456 e. The molecule has 4 heterocycles. The standard InChI is InChI=1S/C51H30N4O2/c1-3-14-31(15-4-1)49-52-50(32-16-5-2-6-17-32)54-51(53-49)41-24-12-23-39-38-22-11-21-37(47(38)57-48(39)41)36-20-13-27-44-46(36)40-29-28-33(30-45(40)56-44)55-42-25-9-7-18-34(42)35-19-8-10-26-43(35)55/h1-30H. The zero-order valence-corrected chi connectivity index (χ0v) is 30.4. The Morgan fingerprint density at radius 2 is 0.877 bits per heavy atom. The van der Waals surface area contributed by atoms with Crippen LogP contribution < -0.4 is 0 Å². The van der Waals surface area contributed by atoms with Crippen LogP contribution in [0.25, 0.3) is 117 Å². The van der Waals surface area contributed by atoms with E-state index in [0.29, 0.717) is 17.5 Å². The van der Waals surface area contributed by atoms with Gasteiger partial charge in [0.25, 0.3) is 0 Å². The van der Waals surface area contributed by atoms with E-state index in [1.165, 1.54) is 10.8 Å². The Hall–Kier alpha value is -7.83. The number of aromatic nitrogens is 4. The molecule has 4 aromatic heterocycles. The van der Waals surface area contributed by atoms with Gasteiger partial charge in [0.1, 0.15) is 22.3 Å². The lowest BCUT2D eigenvalue weighted by molar-refractivity contribution is 0.668. The number of hydrogen-bond donors (Lipinski definition) is 0. The third kappa shape index (κ3) is 4.87. The van der Waals surface area contributed by atoms with Crippen LogP contribution in [0.2, 0.25) is 0 Å². The van der Waals surface area contributed by atoms with Gasteiger partial charge in [0.2, 0.25) is 0 Å². The molecule has 0 unspecified atom stereocenters. The number of nitrogens with zero attached hydrogens (tertiary/aromatic N) is 4. The predicted molar refractivity (Wildman–Crippen MR) is 230 cm³/mol. The summed E-state index contributed by atoms with van der Waals surface area (Å²) in [4.78, 5) is 15.0. The van der Waals surface area contributed by atoms with Crippen LogP contribution in [0.4, 0.5) is 0 Å². The molecule has 0 amide bonds. The van der Waals surface area contributed by atoms with E-state index < -0.39 is 0 Å². The van der Waals surface area contributed by atoms with E-state index in [2.05, 4.69) is 108 Å². The van der Waals surface area contributed by atoms with Gasteiger partial charge in [-0.1, -0.05) is 140 Å². The Labute approximate surface area is 325 Å². The van der Waals surface area contributed by atoms with Crippen molar-refractivity contribution in [3.05, 3.63) is 182 Å². The van der Waals surface area contributed by atoms with E-state index in [1.807, 2.05) is 78.9 Å². The van der Waals surface area contributed by atoms with Gasteiger partial charge in [0, 0.05) is 60.8 Å². The number of para-hydroxylation sites is 4. The normalized spacial score (nSPS) is 11.9. The molecular weight excluding hydrogens is 701 g/mol. The average Bonchev–Trinajstić information content (AvgIpc) is 3.96. The van der Waals surface area contributed by atoms with E-state index >= 15 is 0 Å². The molecule has 0 aliphatic carbocycles. The molecule has 0 saturated carbocycles. The summed E-state index contributed by atoms with van der Waals surface area (Å²) in [6.07, 6.45) is 0. The molecule has 0 aliphatic heterocycles. The summed E-state index contributed by atoms with van der Waals surface area (Å²) < 4.78 is 15.9. The second kappa shape index (κ2) is 12.3. The first kappa shape index (κ1) is 31.5. The summed E-state index contributed by atoms with van der Waals surface area (Å²) in [5.74, 6) is 1.76. The minimum atomic E-state index is 0.552. The average molecular weight is 731 g/mol. The van der Waals surface area contributed by atoms with Gasteiger partial charge in [-0.2, -0.15) is 0 Å². The molecule has 12 aromatic rings. The predicted octanol–water partition coefficient (Wildman–Crippen LogP) is 13.4. The molecule has 0 saturated heterocycles. The highest BCUT2D eigenvalue weighted by Crippen LogP contribution is 2.44. The molecule has 8 aromatic carbocycles. The zero-order chi connectivity index (χ0) is 37.5. The highest BCUT2D eigenvalue weighted by atomic mass is 16.3. The fraction of sp³-hybridized carbons (Fsp3) is 0. The Morgan fingerprint density at radius 1 is 0.351 bits per heavy atom. The number of furan rings is 2. The van der Waals surface area contributed by atoms with Gasteiger partial charge in [-0.25, -0.2) is 15.0 Å². The van der Waals surface area contributed by atoms with Crippen molar-refractivity contribution in [2.45, 2.75) is 0 Å². The fourth-order valence-electron chi connectivity index (χ4n) is 8.52. The number of benzene rings is 8. The third-order valence-electron chi connectivity index (χ3n) is 11.1. The molecule has 12 rings (SSSR count). The number of hydrogen-bond acceptors (Lipinski definition) is 5. The zero-order valence-electron chi connectivity index (χ0n) is 30.4. The lowest BCUT2D eigenvalue weighted by Gasteiger charge is -2.08. The van der Waals surface area contributed by atoms with Gasteiger partial charge in [0.05, 0.1) is 16.6 Å². The first-order valence-electron chi connectivity index (χ1n) is 19.0. The molecular formula is C51H30N4O2. The maximum absolute atomic E-state index is 6.97. The Kier molecular flexibility index (Phi) is 6.83. The monoisotopic (exact) mass is 730 g/mol. The third-order valence-corrected chi connectivity index (χ3v) is 11.1. The van der Waals surface area contributed by atoms with Crippen molar-refractivity contribution < 1.29 is 8.83 Å². The van der Waals surface area contributed by atoms with Crippen LogP contribution in [-0.4, -0.2) is 19.5 Å².